The topological polar surface area (TPSA) is 412 Å². The van der Waals surface area contributed by atoms with Crippen molar-refractivity contribution in [3.63, 3.8) is 0 Å². The van der Waals surface area contributed by atoms with Gasteiger partial charge >= 0.3 is 0 Å². The van der Waals surface area contributed by atoms with Crippen LogP contribution in [0.25, 0.3) is 0 Å². The minimum atomic E-state index is -0.833. The highest BCUT2D eigenvalue weighted by Gasteiger charge is 2.48. The zero-order valence-electron chi connectivity index (χ0n) is 53.2. The van der Waals surface area contributed by atoms with E-state index < -0.39 is 23.9 Å². The van der Waals surface area contributed by atoms with E-state index in [1.54, 1.807) is 0 Å². The number of hydrogen-bond acceptors (Lipinski definition) is 18. The van der Waals surface area contributed by atoms with Crippen molar-refractivity contribution in [3.05, 3.63) is 0 Å². The van der Waals surface area contributed by atoms with Crippen molar-refractivity contribution in [2.24, 2.45) is 11.5 Å². The summed E-state index contributed by atoms with van der Waals surface area (Å²) in [5, 5.41) is 87.2. The molecule has 4 rings (SSSR count). The van der Waals surface area contributed by atoms with Crippen LogP contribution in [-0.4, -0.2) is 191 Å². The van der Waals surface area contributed by atoms with Crippen molar-refractivity contribution >= 4 is 47.5 Å². The summed E-state index contributed by atoms with van der Waals surface area (Å²) in [6.45, 7) is 43.5. The third-order valence-electron chi connectivity index (χ3n) is 12.4. The maximum absolute atomic E-state index is 11.0. The lowest BCUT2D eigenvalue weighted by Gasteiger charge is -2.51. The summed E-state index contributed by atoms with van der Waals surface area (Å²) in [6.07, 6.45) is 6.16. The van der Waals surface area contributed by atoms with Gasteiger partial charge in [-0.05, 0) is 162 Å². The van der Waals surface area contributed by atoms with Gasteiger partial charge in [0.15, 0.2) is 0 Å². The van der Waals surface area contributed by atoms with Crippen molar-refractivity contribution in [1.29, 1.82) is 0 Å². The van der Waals surface area contributed by atoms with E-state index in [9.17, 15) is 40.0 Å². The molecule has 0 radical (unpaired) electrons. The quantitative estimate of drug-likeness (QED) is 0.164. The van der Waals surface area contributed by atoms with Gasteiger partial charge < -0.3 is 74.0 Å². The molecule has 0 aliphatic carbocycles. The van der Waals surface area contributed by atoms with Crippen molar-refractivity contribution in [3.8, 4) is 0 Å². The molecule has 26 nitrogen and oxygen atoms in total. The summed E-state index contributed by atoms with van der Waals surface area (Å²) in [6, 6.07) is 0.596. The van der Waals surface area contributed by atoms with Crippen LogP contribution < -0.4 is 32.7 Å². The van der Waals surface area contributed by atoms with Crippen LogP contribution >= 0.6 is 0 Å². The molecule has 4 fully saturated rings. The zero-order chi connectivity index (χ0) is 65.1. The van der Waals surface area contributed by atoms with E-state index in [0.29, 0.717) is 13.1 Å². The maximum Gasteiger partial charge on any atom is 0.300 e. The molecule has 4 amide bonds. The first kappa shape index (κ1) is 84.2. The fourth-order valence-electron chi connectivity index (χ4n) is 10.6. The number of nitrogens with two attached hydrogens (primary N) is 2. The third kappa shape index (κ3) is 38.1. The van der Waals surface area contributed by atoms with Gasteiger partial charge in [-0.25, -0.2) is 0 Å². The van der Waals surface area contributed by atoms with Gasteiger partial charge in [0.2, 0.25) is 23.6 Å². The molecule has 0 aromatic rings. The van der Waals surface area contributed by atoms with E-state index >= 15 is 0 Å². The van der Waals surface area contributed by atoms with Crippen molar-refractivity contribution in [2.75, 3.05) is 13.1 Å². The molecule has 0 spiro atoms. The summed E-state index contributed by atoms with van der Waals surface area (Å²) < 4.78 is 0. The maximum atomic E-state index is 11.0. The number of carboxylic acids is 4. The highest BCUT2D eigenvalue weighted by atomic mass is 16.5. The Morgan fingerprint density at radius 3 is 0.463 bits per heavy atom. The van der Waals surface area contributed by atoms with Gasteiger partial charge in [0, 0.05) is 137 Å². The van der Waals surface area contributed by atoms with Gasteiger partial charge in [0.05, 0.1) is 0 Å². The lowest BCUT2D eigenvalue weighted by molar-refractivity contribution is -0.246. The third-order valence-corrected chi connectivity index (χ3v) is 12.4. The second-order valence-corrected chi connectivity index (χ2v) is 25.6. The number of carboxylic acid groups (broad SMARTS) is 4. The van der Waals surface area contributed by atoms with Crippen molar-refractivity contribution in [2.45, 2.75) is 286 Å². The van der Waals surface area contributed by atoms with E-state index in [1.807, 2.05) is 111 Å². The molecule has 4 aliphatic heterocycles. The number of carbonyl (C=O) groups is 8. The molecule has 0 atom stereocenters. The van der Waals surface area contributed by atoms with Crippen LogP contribution in [0.1, 0.15) is 218 Å². The summed E-state index contributed by atoms with van der Waals surface area (Å²) >= 11 is 0. The van der Waals surface area contributed by atoms with Crippen molar-refractivity contribution < 1.29 is 79.6 Å². The Morgan fingerprint density at radius 2 is 0.400 bits per heavy atom. The van der Waals surface area contributed by atoms with Crippen LogP contribution in [0.4, 0.5) is 0 Å². The molecule has 26 heteroatoms. The first-order valence-corrected chi connectivity index (χ1v) is 26.7. The largest absolute Gasteiger partial charge is 0.481 e. The molecule has 4 saturated heterocycles. The smallest absolute Gasteiger partial charge is 0.300 e. The predicted octanol–water partition coefficient (Wildman–Crippen LogP) is 5.40. The zero-order valence-corrected chi connectivity index (χ0v) is 53.2. The molecule has 0 aromatic heterocycles. The molecular weight excluding hydrogens is 1040 g/mol. The number of piperidine rings is 4. The van der Waals surface area contributed by atoms with Gasteiger partial charge in [0.25, 0.3) is 23.9 Å². The number of hydroxylamine groups is 8. The monoisotopic (exact) mass is 1160 g/mol. The standard InChI is InChI=1S/4C11H22N2O2.C2H8N2.4C2H4O2/c4*1-8(14)12-9-6-10(2,3)13(15)11(4,5)7-9;3-1-2-4;4*1-2(3)4/h4*9,15H,6-7H2,1-5H3,(H,12,14);1-4H2;4*1H3,(H,3,4). The van der Waals surface area contributed by atoms with Crippen LogP contribution in [0.5, 0.6) is 0 Å². The number of nitrogens with zero attached hydrogens (tertiary/aromatic N) is 4. The van der Waals surface area contributed by atoms with Crippen LogP contribution in [-0.2, 0) is 38.4 Å². The second-order valence-electron chi connectivity index (χ2n) is 25.6. The molecule has 474 valence electrons. The highest BCUT2D eigenvalue weighted by Crippen LogP contribution is 2.39. The van der Waals surface area contributed by atoms with E-state index in [4.69, 9.17) is 51.1 Å². The number of aliphatic carboxylic acids is 4. The summed E-state index contributed by atoms with van der Waals surface area (Å²) in [5.41, 5.74) is 7.43. The van der Waals surface area contributed by atoms with E-state index in [-0.39, 0.29) is 92.1 Å². The fourth-order valence-corrected chi connectivity index (χ4v) is 10.6. The number of amides is 4. The molecule has 4 aliphatic rings. The Kier molecular flexibility index (Phi) is 37.9. The highest BCUT2D eigenvalue weighted by molar-refractivity contribution is 5.74. The molecule has 4 heterocycles. The van der Waals surface area contributed by atoms with Crippen LogP contribution in [0.3, 0.4) is 0 Å². The SMILES string of the molecule is CC(=O)NC1CC(C)(C)N(O)C(C)(C)C1.CC(=O)NC1CC(C)(C)N(O)C(C)(C)C1.CC(=O)NC1CC(C)(C)N(O)C(C)(C)C1.CC(=O)NC1CC(C)(C)N(O)C(C)(C)C1.CC(=O)O.CC(=O)O.CC(=O)O.CC(=O)O.NCCN. The summed E-state index contributed by atoms with van der Waals surface area (Å²) in [5.74, 6) is -3.34. The Balaban J connectivity index is -0.000000280. The second kappa shape index (κ2) is 36.1. The van der Waals surface area contributed by atoms with Gasteiger partial charge in [-0.1, -0.05) is 0 Å². The van der Waals surface area contributed by atoms with E-state index in [2.05, 4.69) is 21.3 Å². The average molecular weight is 1160 g/mol. The normalized spacial score (nSPS) is 21.3. The minimum absolute atomic E-state index is 0.00186. The van der Waals surface area contributed by atoms with E-state index in [0.717, 1.165) is 79.1 Å². The first-order chi connectivity index (χ1) is 35.4. The summed E-state index contributed by atoms with van der Waals surface area (Å²) in [4.78, 5) is 80.1. The molecular formula is C54H112N10O16. The average Bonchev–Trinajstić information content (AvgIpc) is 3.18. The Morgan fingerprint density at radius 1 is 0.312 bits per heavy atom. The van der Waals surface area contributed by atoms with E-state index in [1.165, 1.54) is 47.9 Å². The Labute approximate surface area is 477 Å². The number of carbonyl (C=O) groups excluding carboxylic acids is 4. The number of hydrogen-bond donors (Lipinski definition) is 14. The fraction of sp³-hybridized carbons (Fsp3) is 0.852. The van der Waals surface area contributed by atoms with Crippen LogP contribution in [0.15, 0.2) is 0 Å². The molecule has 0 saturated carbocycles. The Bertz CT molecular complexity index is 1570. The van der Waals surface area contributed by atoms with Crippen LogP contribution in [0.2, 0.25) is 0 Å². The van der Waals surface area contributed by atoms with Gasteiger partial charge in [-0.15, -0.1) is 0 Å². The summed E-state index contributed by atoms with van der Waals surface area (Å²) in [7, 11) is 0. The van der Waals surface area contributed by atoms with Gasteiger partial charge in [0.1, 0.15) is 0 Å². The first-order valence-electron chi connectivity index (χ1n) is 26.7. The van der Waals surface area contributed by atoms with Gasteiger partial charge in [-0.3, -0.25) is 38.4 Å². The molecule has 0 unspecified atom stereocenters. The lowest BCUT2D eigenvalue weighted by Crippen LogP contribution is -2.62. The van der Waals surface area contributed by atoms with Gasteiger partial charge in [-0.2, -0.15) is 20.3 Å². The molecule has 0 bridgehead atoms. The molecule has 80 heavy (non-hydrogen) atoms. The number of nitrogens with one attached hydrogen (secondary N) is 4. The lowest BCUT2D eigenvalue weighted by atomic mass is 9.79. The predicted molar refractivity (Wildman–Crippen MR) is 306 cm³/mol. The van der Waals surface area contributed by atoms with Crippen LogP contribution in [0, 0.1) is 0 Å². The molecule has 0 aromatic carbocycles. The van der Waals surface area contributed by atoms with Crippen molar-refractivity contribution in [1.82, 2.24) is 41.5 Å². The number of rotatable bonds is 5. The minimum Gasteiger partial charge on any atom is -0.481 e. The Hall–Kier alpha value is -4.64. The molecule has 16 N–H and O–H groups in total.